The Bertz CT molecular complexity index is 860. The van der Waals surface area contributed by atoms with Gasteiger partial charge in [0.15, 0.2) is 0 Å². The smallest absolute Gasteiger partial charge is 0.142 e. The Balaban J connectivity index is -0.000000378. The highest BCUT2D eigenvalue weighted by atomic mass is 16.5. The molecule has 3 N–H and O–H groups in total. The molecule has 0 saturated heterocycles. The summed E-state index contributed by atoms with van der Waals surface area (Å²) in [5, 5.41) is 22.1. The SMILES string of the molecule is C=C/C=C\C=O.C=O.CC.CCC(CC(O)CCO)Oc1cc(COCCNC)ccc1CC(C)(C)C.CN(C)CCCCCC=O. The Kier molecular flexibility index (Phi) is 41.1. The summed E-state index contributed by atoms with van der Waals surface area (Å²) < 4.78 is 12.0. The number of allylic oxidation sites excluding steroid dienone is 3. The van der Waals surface area contributed by atoms with E-state index in [4.69, 9.17) is 19.4 Å². The fourth-order valence-electron chi connectivity index (χ4n) is 3.88. The van der Waals surface area contributed by atoms with Crippen molar-refractivity contribution in [1.82, 2.24) is 10.2 Å². The number of unbranched alkanes of at least 4 members (excludes halogenated alkanes) is 3. The average molecular weight is 667 g/mol. The summed E-state index contributed by atoms with van der Waals surface area (Å²) >= 11 is 0. The molecule has 0 aliphatic carbocycles. The summed E-state index contributed by atoms with van der Waals surface area (Å²) in [5.41, 5.74) is 2.42. The Hall–Kier alpha value is -2.69. The molecule has 47 heavy (non-hydrogen) atoms. The van der Waals surface area contributed by atoms with Gasteiger partial charge in [0.2, 0.25) is 0 Å². The number of carbonyl (C=O) groups is 3. The zero-order valence-corrected chi connectivity index (χ0v) is 31.3. The van der Waals surface area contributed by atoms with Crippen LogP contribution in [0, 0.1) is 5.41 Å². The third-order valence-electron chi connectivity index (χ3n) is 6.12. The van der Waals surface area contributed by atoms with E-state index < -0.39 is 6.10 Å². The van der Waals surface area contributed by atoms with Gasteiger partial charge >= 0.3 is 0 Å². The van der Waals surface area contributed by atoms with E-state index in [-0.39, 0.29) is 18.1 Å². The van der Waals surface area contributed by atoms with Crippen LogP contribution in [0.15, 0.2) is 43.0 Å². The first-order valence-corrected chi connectivity index (χ1v) is 16.9. The highest BCUT2D eigenvalue weighted by Crippen LogP contribution is 2.30. The summed E-state index contributed by atoms with van der Waals surface area (Å²) in [6.45, 7) is 21.2. The van der Waals surface area contributed by atoms with Crippen molar-refractivity contribution in [3.8, 4) is 5.75 Å². The molecule has 2 unspecified atom stereocenters. The first-order chi connectivity index (χ1) is 22.5. The number of hydrogen-bond donors (Lipinski definition) is 3. The molecule has 0 heterocycles. The third-order valence-corrected chi connectivity index (χ3v) is 6.12. The van der Waals surface area contributed by atoms with E-state index in [1.165, 1.54) is 24.5 Å². The Morgan fingerprint density at radius 2 is 1.72 bits per heavy atom. The average Bonchev–Trinajstić information content (AvgIpc) is 3.04. The fourth-order valence-corrected chi connectivity index (χ4v) is 3.88. The number of aliphatic hydroxyl groups excluding tert-OH is 2. The van der Waals surface area contributed by atoms with Gasteiger partial charge in [-0.05, 0) is 88.5 Å². The lowest BCUT2D eigenvalue weighted by atomic mass is 9.87. The lowest BCUT2D eigenvalue weighted by Gasteiger charge is -2.25. The number of likely N-dealkylation sites (N-methyl/N-ethyl adjacent to an activating group) is 1. The van der Waals surface area contributed by atoms with Crippen molar-refractivity contribution in [3.05, 3.63) is 54.1 Å². The quantitative estimate of drug-likeness (QED) is 0.0593. The number of hydrogen-bond acceptors (Lipinski definition) is 9. The van der Waals surface area contributed by atoms with Gasteiger partial charge in [0.1, 0.15) is 31.2 Å². The predicted octanol–water partition coefficient (Wildman–Crippen LogP) is 6.38. The van der Waals surface area contributed by atoms with E-state index in [1.54, 1.807) is 12.2 Å². The Morgan fingerprint density at radius 3 is 2.19 bits per heavy atom. The lowest BCUT2D eigenvalue weighted by molar-refractivity contribution is -0.108. The molecule has 0 saturated carbocycles. The molecular weight excluding hydrogens is 596 g/mol. The number of carbonyl (C=O) groups excluding carboxylic acids is 3. The second-order valence-corrected chi connectivity index (χ2v) is 12.0. The van der Waals surface area contributed by atoms with Gasteiger partial charge < -0.3 is 39.5 Å². The monoisotopic (exact) mass is 667 g/mol. The molecule has 274 valence electrons. The zero-order valence-electron chi connectivity index (χ0n) is 31.3. The van der Waals surface area contributed by atoms with Gasteiger partial charge in [-0.3, -0.25) is 4.79 Å². The Morgan fingerprint density at radius 1 is 1.06 bits per heavy atom. The van der Waals surface area contributed by atoms with Crippen LogP contribution < -0.4 is 10.1 Å². The van der Waals surface area contributed by atoms with Gasteiger partial charge in [0.25, 0.3) is 0 Å². The van der Waals surface area contributed by atoms with Gasteiger partial charge in [0.05, 0.1) is 19.3 Å². The van der Waals surface area contributed by atoms with E-state index in [0.29, 0.717) is 32.3 Å². The maximum Gasteiger partial charge on any atom is 0.142 e. The van der Waals surface area contributed by atoms with Crippen molar-refractivity contribution >= 4 is 19.4 Å². The number of ether oxygens (including phenoxy) is 2. The maximum atomic E-state index is 10.0. The minimum Gasteiger partial charge on any atom is -0.490 e. The number of benzene rings is 1. The molecule has 2 atom stereocenters. The summed E-state index contributed by atoms with van der Waals surface area (Å²) in [6, 6.07) is 6.31. The van der Waals surface area contributed by atoms with Crippen LogP contribution in [0.25, 0.3) is 0 Å². The zero-order chi connectivity index (χ0) is 36.9. The predicted molar refractivity (Wildman–Crippen MR) is 197 cm³/mol. The van der Waals surface area contributed by atoms with Crippen LogP contribution in [0.5, 0.6) is 5.75 Å². The molecule has 0 fully saturated rings. The van der Waals surface area contributed by atoms with Crippen molar-refractivity contribution in [2.75, 3.05) is 47.4 Å². The third kappa shape index (κ3) is 37.6. The molecule has 0 radical (unpaired) electrons. The molecule has 9 heteroatoms. The largest absolute Gasteiger partial charge is 0.490 e. The van der Waals surface area contributed by atoms with Crippen LogP contribution in [0.3, 0.4) is 0 Å². The van der Waals surface area contributed by atoms with Crippen molar-refractivity contribution in [2.24, 2.45) is 5.41 Å². The first-order valence-electron chi connectivity index (χ1n) is 16.9. The number of rotatable bonds is 21. The molecule has 1 aromatic rings. The molecule has 0 aromatic heterocycles. The highest BCUT2D eigenvalue weighted by Gasteiger charge is 2.19. The minimum atomic E-state index is -0.543. The number of aldehydes is 2. The molecule has 9 nitrogen and oxygen atoms in total. The summed E-state index contributed by atoms with van der Waals surface area (Å²) in [7, 11) is 6.05. The van der Waals surface area contributed by atoms with Gasteiger partial charge in [-0.2, -0.15) is 0 Å². The van der Waals surface area contributed by atoms with Crippen LogP contribution >= 0.6 is 0 Å². The van der Waals surface area contributed by atoms with Gasteiger partial charge in [-0.15, -0.1) is 0 Å². The van der Waals surface area contributed by atoms with E-state index in [9.17, 15) is 14.7 Å². The Labute approximate surface area is 287 Å². The molecule has 1 rings (SSSR count). The van der Waals surface area contributed by atoms with E-state index in [2.05, 4.69) is 76.8 Å². The maximum absolute atomic E-state index is 10.0. The summed E-state index contributed by atoms with van der Waals surface area (Å²) in [6.07, 6.45) is 12.4. The number of nitrogens with one attached hydrogen (secondary N) is 1. The van der Waals surface area contributed by atoms with Crippen molar-refractivity contribution in [3.63, 3.8) is 0 Å². The van der Waals surface area contributed by atoms with Gasteiger partial charge in [0, 0.05) is 26.0 Å². The lowest BCUT2D eigenvalue weighted by Crippen LogP contribution is -2.24. The molecule has 0 spiro atoms. The first kappa shape index (κ1) is 51.2. The topological polar surface area (TPSA) is 125 Å². The van der Waals surface area contributed by atoms with Crippen LogP contribution in [0.2, 0.25) is 0 Å². The van der Waals surface area contributed by atoms with Crippen LogP contribution in [-0.4, -0.2) is 94.1 Å². The van der Waals surface area contributed by atoms with E-state index in [0.717, 1.165) is 56.4 Å². The molecule has 0 bridgehead atoms. The minimum absolute atomic E-state index is 0.00762. The van der Waals surface area contributed by atoms with E-state index in [1.807, 2.05) is 27.7 Å². The van der Waals surface area contributed by atoms with Crippen molar-refractivity contribution in [2.45, 2.75) is 112 Å². The van der Waals surface area contributed by atoms with E-state index >= 15 is 0 Å². The standard InChI is InChI=1S/C22H39NO4.C8H17NO.C5H6O.C2H6.CH2O/c1-6-20(14-19(25)9-11-24)27-21-13-17(16-26-12-10-23-5)7-8-18(21)15-22(2,3)4;1-9(2)7-5-3-4-6-8-10;1-2-3-4-5-6;2*1-2/h7-8,13,19-20,23-25H,6,9-12,14-16H2,1-5H3;8H,3-7H2,1-2H3;2-5H,1H2;1-2H3;1H2/b;;4-3-;;. The van der Waals surface area contributed by atoms with Crippen molar-refractivity contribution in [1.29, 1.82) is 0 Å². The van der Waals surface area contributed by atoms with Gasteiger partial charge in [-0.25, -0.2) is 0 Å². The second kappa shape index (κ2) is 37.8. The molecule has 0 aliphatic rings. The van der Waals surface area contributed by atoms with Crippen LogP contribution in [0.4, 0.5) is 0 Å². The highest BCUT2D eigenvalue weighted by molar-refractivity contribution is 5.65. The number of nitrogens with zero attached hydrogens (tertiary/aromatic N) is 1. The number of aliphatic hydroxyl groups is 2. The van der Waals surface area contributed by atoms with Gasteiger partial charge in [-0.1, -0.05) is 78.8 Å². The molecule has 0 aliphatic heterocycles. The molecular formula is C38H70N2O7. The summed E-state index contributed by atoms with van der Waals surface area (Å²) in [5.74, 6) is 0.877. The molecule has 0 amide bonds. The normalized spacial score (nSPS) is 11.7. The molecule has 1 aromatic carbocycles. The van der Waals surface area contributed by atoms with Crippen LogP contribution in [0.1, 0.15) is 97.6 Å². The second-order valence-electron chi connectivity index (χ2n) is 12.0. The summed E-state index contributed by atoms with van der Waals surface area (Å²) in [4.78, 5) is 29.5. The van der Waals surface area contributed by atoms with Crippen LogP contribution in [-0.2, 0) is 32.1 Å². The fraction of sp³-hybridized carbons (Fsp3) is 0.658. The van der Waals surface area contributed by atoms with Crippen molar-refractivity contribution < 1.29 is 34.1 Å².